The number of fused-ring (bicyclic) bond motifs is 3. The summed E-state index contributed by atoms with van der Waals surface area (Å²) in [5, 5.41) is 25.4. The molecule has 30 heavy (non-hydrogen) atoms. The Balaban J connectivity index is 1.53. The van der Waals surface area contributed by atoms with E-state index in [0.717, 1.165) is 5.56 Å². The lowest BCUT2D eigenvalue weighted by Gasteiger charge is -2.16. The Bertz CT molecular complexity index is 1310. The van der Waals surface area contributed by atoms with E-state index in [1.807, 2.05) is 6.07 Å². The summed E-state index contributed by atoms with van der Waals surface area (Å²) >= 11 is 0. The largest absolute Gasteiger partial charge is 0.493 e. The molecule has 152 valence electrons. The molecule has 10 heteroatoms. The van der Waals surface area contributed by atoms with E-state index in [0.29, 0.717) is 53.0 Å². The van der Waals surface area contributed by atoms with E-state index in [4.69, 9.17) is 9.47 Å². The Kier molecular flexibility index (Phi) is 3.46. The molecular weight excluding hydrogens is 391 g/mol. The van der Waals surface area contributed by atoms with Crippen LogP contribution in [0.3, 0.4) is 0 Å². The lowest BCUT2D eigenvalue weighted by molar-refractivity contribution is 0.249. The SMILES string of the molecule is Cn1nc(O)cc1-c1cc2c(n3cnnc13)NCc1c(F)ccc3c1[C@H](CO3)CO2. The maximum Gasteiger partial charge on any atom is 0.230 e. The van der Waals surface area contributed by atoms with E-state index < -0.39 is 0 Å². The van der Waals surface area contributed by atoms with Crippen molar-refractivity contribution in [3.8, 4) is 28.6 Å². The minimum absolute atomic E-state index is 0.0701. The standard InChI is InChI=1S/C20H17FN6O3/c1-26-14(5-17(28)25-26)11-4-16-20(27-9-23-24-19(11)27)22-6-12-13(21)2-3-15-18(12)10(7-29-15)8-30-16/h2-5,9-10,22H,6-8H2,1H3,(H,25,28)/t10-/m1/s1. The van der Waals surface area contributed by atoms with Crippen molar-refractivity contribution in [2.24, 2.45) is 7.05 Å². The molecule has 0 radical (unpaired) electrons. The van der Waals surface area contributed by atoms with E-state index in [-0.39, 0.29) is 24.2 Å². The van der Waals surface area contributed by atoms with Crippen LogP contribution in [0.5, 0.6) is 17.4 Å². The van der Waals surface area contributed by atoms with E-state index in [9.17, 15) is 9.50 Å². The number of rotatable bonds is 1. The molecule has 2 N–H and O–H groups in total. The number of nitrogens with one attached hydrogen (secondary N) is 1. The van der Waals surface area contributed by atoms with Crippen molar-refractivity contribution >= 4 is 11.5 Å². The molecule has 2 aliphatic rings. The second kappa shape index (κ2) is 6.09. The second-order valence-electron chi connectivity index (χ2n) is 7.42. The van der Waals surface area contributed by atoms with Crippen molar-refractivity contribution in [3.63, 3.8) is 0 Å². The predicted octanol–water partition coefficient (Wildman–Crippen LogP) is 2.46. The number of anilines is 1. The van der Waals surface area contributed by atoms with E-state index >= 15 is 0 Å². The summed E-state index contributed by atoms with van der Waals surface area (Å²) in [6.07, 6.45) is 1.57. The molecule has 0 amide bonds. The van der Waals surface area contributed by atoms with Crippen molar-refractivity contribution in [1.29, 1.82) is 0 Å². The highest BCUT2D eigenvalue weighted by molar-refractivity contribution is 5.80. The van der Waals surface area contributed by atoms with Crippen LogP contribution in [-0.4, -0.2) is 42.7 Å². The molecule has 0 aliphatic carbocycles. The molecule has 2 aliphatic heterocycles. The highest BCUT2D eigenvalue weighted by Gasteiger charge is 2.31. The number of aryl methyl sites for hydroxylation is 1. The van der Waals surface area contributed by atoms with E-state index in [1.54, 1.807) is 34.6 Å². The van der Waals surface area contributed by atoms with Crippen LogP contribution >= 0.6 is 0 Å². The van der Waals surface area contributed by atoms with Gasteiger partial charge in [0.05, 0.1) is 24.8 Å². The second-order valence-corrected chi connectivity index (χ2v) is 7.42. The Labute approximate surface area is 169 Å². The fraction of sp³-hybridized carbons (Fsp3) is 0.250. The molecule has 3 aromatic heterocycles. The van der Waals surface area contributed by atoms with Gasteiger partial charge < -0.3 is 19.9 Å². The first-order valence-corrected chi connectivity index (χ1v) is 9.51. The topological polar surface area (TPSA) is 98.7 Å². The van der Waals surface area contributed by atoms with Crippen molar-refractivity contribution in [2.45, 2.75) is 12.5 Å². The Morgan fingerprint density at radius 3 is 2.83 bits per heavy atom. The van der Waals surface area contributed by atoms with Gasteiger partial charge in [-0.2, -0.15) is 0 Å². The molecule has 0 fully saturated rings. The predicted molar refractivity (Wildman–Crippen MR) is 104 cm³/mol. The molecule has 0 spiro atoms. The van der Waals surface area contributed by atoms with Gasteiger partial charge >= 0.3 is 0 Å². The van der Waals surface area contributed by atoms with Crippen LogP contribution in [0.1, 0.15) is 17.0 Å². The Morgan fingerprint density at radius 1 is 1.20 bits per heavy atom. The van der Waals surface area contributed by atoms with Crippen LogP contribution < -0.4 is 14.8 Å². The Hall–Kier alpha value is -3.82. The van der Waals surface area contributed by atoms with Gasteiger partial charge in [-0.3, -0.25) is 9.08 Å². The first-order chi connectivity index (χ1) is 14.6. The van der Waals surface area contributed by atoms with Gasteiger partial charge in [0.25, 0.3) is 0 Å². The third kappa shape index (κ3) is 2.36. The summed E-state index contributed by atoms with van der Waals surface area (Å²) in [4.78, 5) is 0. The molecule has 0 unspecified atom stereocenters. The molecule has 5 heterocycles. The number of ether oxygens (including phenoxy) is 2. The lowest BCUT2D eigenvalue weighted by Crippen LogP contribution is -2.13. The van der Waals surface area contributed by atoms with Gasteiger partial charge in [-0.05, 0) is 18.2 Å². The van der Waals surface area contributed by atoms with Crippen LogP contribution in [0.25, 0.3) is 16.9 Å². The maximum atomic E-state index is 14.7. The quantitative estimate of drug-likeness (QED) is 0.499. The molecule has 1 aromatic carbocycles. The number of aromatic hydroxyl groups is 1. The van der Waals surface area contributed by atoms with Crippen LogP contribution in [0.2, 0.25) is 0 Å². The normalized spacial score (nSPS) is 17.2. The summed E-state index contributed by atoms with van der Waals surface area (Å²) in [5.41, 5.74) is 3.36. The average molecular weight is 408 g/mol. The van der Waals surface area contributed by atoms with E-state index in [2.05, 4.69) is 20.6 Å². The van der Waals surface area contributed by atoms with Crippen LogP contribution in [0, 0.1) is 5.82 Å². The highest BCUT2D eigenvalue weighted by Crippen LogP contribution is 2.42. The third-order valence-corrected chi connectivity index (χ3v) is 5.66. The van der Waals surface area contributed by atoms with Gasteiger partial charge in [0.15, 0.2) is 17.2 Å². The molecule has 6 rings (SSSR count). The number of aromatic nitrogens is 5. The minimum Gasteiger partial charge on any atom is -0.493 e. The molecular formula is C20H17FN6O3. The number of hydrogen-bond acceptors (Lipinski definition) is 7. The molecule has 4 aromatic rings. The number of halogens is 1. The zero-order chi connectivity index (χ0) is 20.4. The fourth-order valence-corrected chi connectivity index (χ4v) is 4.28. The summed E-state index contributed by atoms with van der Waals surface area (Å²) in [5.74, 6) is 1.46. The van der Waals surface area contributed by atoms with Crippen molar-refractivity contribution < 1.29 is 19.0 Å². The van der Waals surface area contributed by atoms with Gasteiger partial charge in [-0.15, -0.1) is 15.3 Å². The first kappa shape index (κ1) is 17.1. The lowest BCUT2D eigenvalue weighted by atomic mass is 9.96. The summed E-state index contributed by atoms with van der Waals surface area (Å²) in [6.45, 7) is 1.05. The third-order valence-electron chi connectivity index (χ3n) is 5.66. The van der Waals surface area contributed by atoms with Gasteiger partial charge in [0.1, 0.15) is 17.9 Å². The molecule has 9 nitrogen and oxygen atoms in total. The smallest absolute Gasteiger partial charge is 0.230 e. The van der Waals surface area contributed by atoms with Crippen LogP contribution in [0.15, 0.2) is 30.6 Å². The highest BCUT2D eigenvalue weighted by atomic mass is 19.1. The van der Waals surface area contributed by atoms with Crippen molar-refractivity contribution in [2.75, 3.05) is 18.5 Å². The summed E-state index contributed by atoms with van der Waals surface area (Å²) in [6, 6.07) is 6.50. The summed E-state index contributed by atoms with van der Waals surface area (Å²) < 4.78 is 29.9. The number of pyridine rings is 1. The number of nitrogens with zero attached hydrogens (tertiary/aromatic N) is 5. The van der Waals surface area contributed by atoms with Gasteiger partial charge in [0.2, 0.25) is 5.88 Å². The molecule has 0 bridgehead atoms. The molecule has 0 saturated carbocycles. The van der Waals surface area contributed by atoms with Crippen LogP contribution in [-0.2, 0) is 13.6 Å². The monoisotopic (exact) mass is 408 g/mol. The first-order valence-electron chi connectivity index (χ1n) is 9.51. The molecule has 0 saturated heterocycles. The number of benzene rings is 1. The van der Waals surface area contributed by atoms with E-state index in [1.165, 1.54) is 6.07 Å². The van der Waals surface area contributed by atoms with Gasteiger partial charge in [-0.25, -0.2) is 4.39 Å². The maximum absolute atomic E-state index is 14.7. The zero-order valence-electron chi connectivity index (χ0n) is 16.0. The molecule has 1 atom stereocenters. The Morgan fingerprint density at radius 2 is 2.03 bits per heavy atom. The average Bonchev–Trinajstić information content (AvgIpc) is 3.44. The van der Waals surface area contributed by atoms with Crippen molar-refractivity contribution in [1.82, 2.24) is 24.4 Å². The fourth-order valence-electron chi connectivity index (χ4n) is 4.28. The zero-order valence-corrected chi connectivity index (χ0v) is 16.0. The van der Waals surface area contributed by atoms with Gasteiger partial charge in [-0.1, -0.05) is 0 Å². The number of hydrogen-bond donors (Lipinski definition) is 2. The summed E-state index contributed by atoms with van der Waals surface area (Å²) in [7, 11) is 1.74. The van der Waals surface area contributed by atoms with Crippen molar-refractivity contribution in [3.05, 3.63) is 47.5 Å². The minimum atomic E-state index is -0.276. The van der Waals surface area contributed by atoms with Crippen LogP contribution in [0.4, 0.5) is 10.2 Å². The van der Waals surface area contributed by atoms with Gasteiger partial charge in [0, 0.05) is 36.3 Å².